The van der Waals surface area contributed by atoms with Crippen LogP contribution in [0.3, 0.4) is 0 Å². The first-order valence-electron chi connectivity index (χ1n) is 11.2. The Labute approximate surface area is 180 Å². The fraction of sp³-hybridized carbons (Fsp3) is 0.636. The first kappa shape index (κ1) is 22.6. The molecule has 3 rings (SSSR count). The lowest BCUT2D eigenvalue weighted by atomic mass is 10.1. The Balaban J connectivity index is 1.61. The van der Waals surface area contributed by atoms with Crippen molar-refractivity contribution >= 4 is 21.9 Å². The molecule has 1 heterocycles. The molecule has 1 saturated carbocycles. The van der Waals surface area contributed by atoms with Crippen LogP contribution in [0.4, 0.5) is 0 Å². The van der Waals surface area contributed by atoms with Crippen LogP contribution in [-0.4, -0.2) is 55.2 Å². The Morgan fingerprint density at radius 1 is 1.10 bits per heavy atom. The van der Waals surface area contributed by atoms with Gasteiger partial charge in [0.25, 0.3) is 10.0 Å². The maximum atomic E-state index is 13.1. The second-order valence-corrected chi connectivity index (χ2v) is 10.1. The summed E-state index contributed by atoms with van der Waals surface area (Å²) in [6, 6.07) is 7.09. The van der Waals surface area contributed by atoms with E-state index in [-0.39, 0.29) is 22.8 Å². The normalized spacial score (nSPS) is 18.5. The number of carbonyl (C=O) groups is 1. The molecule has 0 atom stereocenters. The fourth-order valence-corrected chi connectivity index (χ4v) is 5.72. The molecule has 1 aromatic carbocycles. The number of hydrogen-bond acceptors (Lipinski definition) is 4. The molecule has 30 heavy (non-hydrogen) atoms. The Bertz CT molecular complexity index is 830. The second-order valence-electron chi connectivity index (χ2n) is 8.23. The van der Waals surface area contributed by atoms with Crippen molar-refractivity contribution in [3.8, 4) is 0 Å². The van der Waals surface area contributed by atoms with Crippen LogP contribution in [0.25, 0.3) is 0 Å². The molecule has 7 nitrogen and oxygen atoms in total. The number of nitrogens with one attached hydrogen (secondary N) is 2. The number of sulfonamides is 1. The van der Waals surface area contributed by atoms with Gasteiger partial charge in [-0.05, 0) is 43.4 Å². The molecule has 8 heteroatoms. The van der Waals surface area contributed by atoms with Crippen molar-refractivity contribution < 1.29 is 13.2 Å². The molecular weight excluding hydrogens is 400 g/mol. The Kier molecular flexibility index (Phi) is 7.75. The number of guanidine groups is 1. The molecule has 166 valence electrons. The smallest absolute Gasteiger partial charge is 0.266 e. The minimum Gasteiger partial charge on any atom is -0.356 e. The molecule has 1 aliphatic carbocycles. The molecule has 1 saturated heterocycles. The number of carbonyl (C=O) groups excluding carboxylic acids is 1. The van der Waals surface area contributed by atoms with Crippen LogP contribution in [0.5, 0.6) is 0 Å². The van der Waals surface area contributed by atoms with E-state index in [9.17, 15) is 13.2 Å². The number of rotatable bonds is 8. The van der Waals surface area contributed by atoms with Gasteiger partial charge in [-0.3, -0.25) is 10.2 Å². The highest BCUT2D eigenvalue weighted by molar-refractivity contribution is 7.89. The molecule has 0 bridgehead atoms. The molecule has 2 N–H and O–H groups in total. The van der Waals surface area contributed by atoms with E-state index in [4.69, 9.17) is 5.41 Å². The first-order valence-corrected chi connectivity index (χ1v) is 12.6. The maximum absolute atomic E-state index is 13.1. The average molecular weight is 435 g/mol. The van der Waals surface area contributed by atoms with Gasteiger partial charge in [-0.2, -0.15) is 0 Å². The molecule has 1 amide bonds. The summed E-state index contributed by atoms with van der Waals surface area (Å²) in [5, 5.41) is 11.4. The molecule has 0 radical (unpaired) electrons. The van der Waals surface area contributed by atoms with Crippen molar-refractivity contribution in [2.45, 2.75) is 75.6 Å². The zero-order valence-corrected chi connectivity index (χ0v) is 18.7. The lowest BCUT2D eigenvalue weighted by Crippen LogP contribution is -2.41. The standard InChI is InChI=1S/C22H34N4O3S/c1-2-7-21(27)24-15-14-18-10-12-20(13-11-18)30(28,29)26-17-16-25(22(26)23)19-8-5-3-4-6-9-19/h10-13,19,23H,2-9,14-17H2,1H3,(H,24,27). The summed E-state index contributed by atoms with van der Waals surface area (Å²) in [5.41, 5.74) is 0.974. The third-order valence-corrected chi connectivity index (χ3v) is 7.85. The van der Waals surface area contributed by atoms with Crippen LogP contribution >= 0.6 is 0 Å². The monoisotopic (exact) mass is 434 g/mol. The van der Waals surface area contributed by atoms with E-state index >= 15 is 0 Å². The van der Waals surface area contributed by atoms with Crippen molar-refractivity contribution in [1.29, 1.82) is 5.41 Å². The van der Waals surface area contributed by atoms with Gasteiger partial charge in [-0.15, -0.1) is 0 Å². The van der Waals surface area contributed by atoms with Crippen LogP contribution in [0.2, 0.25) is 0 Å². The van der Waals surface area contributed by atoms with E-state index in [0.717, 1.165) is 37.7 Å². The number of benzene rings is 1. The highest BCUT2D eigenvalue weighted by Crippen LogP contribution is 2.27. The first-order chi connectivity index (χ1) is 14.4. The summed E-state index contributed by atoms with van der Waals surface area (Å²) >= 11 is 0. The lowest BCUT2D eigenvalue weighted by Gasteiger charge is -2.29. The quantitative estimate of drug-likeness (QED) is 0.615. The summed E-state index contributed by atoms with van der Waals surface area (Å²) in [4.78, 5) is 13.7. The van der Waals surface area contributed by atoms with Crippen LogP contribution in [0.15, 0.2) is 29.2 Å². The third kappa shape index (κ3) is 5.33. The van der Waals surface area contributed by atoms with E-state index in [1.54, 1.807) is 24.3 Å². The van der Waals surface area contributed by atoms with E-state index in [0.29, 0.717) is 32.5 Å². The molecule has 1 aromatic rings. The Hall–Kier alpha value is -2.09. The Morgan fingerprint density at radius 3 is 2.40 bits per heavy atom. The van der Waals surface area contributed by atoms with Crippen LogP contribution < -0.4 is 5.32 Å². The predicted octanol–water partition coefficient (Wildman–Crippen LogP) is 3.11. The SMILES string of the molecule is CCCC(=O)NCCc1ccc(S(=O)(=O)N2CCN(C3CCCCCC3)C2=N)cc1. The number of amides is 1. The maximum Gasteiger partial charge on any atom is 0.266 e. The Morgan fingerprint density at radius 2 is 1.77 bits per heavy atom. The summed E-state index contributed by atoms with van der Waals surface area (Å²) in [6.45, 7) is 3.44. The predicted molar refractivity (Wildman–Crippen MR) is 118 cm³/mol. The zero-order valence-electron chi connectivity index (χ0n) is 17.9. The lowest BCUT2D eigenvalue weighted by molar-refractivity contribution is -0.121. The van der Waals surface area contributed by atoms with E-state index in [2.05, 4.69) is 5.32 Å². The molecule has 0 aromatic heterocycles. The van der Waals surface area contributed by atoms with Gasteiger partial charge in [0.15, 0.2) is 0 Å². The molecule has 2 aliphatic rings. The minimum atomic E-state index is -3.73. The number of nitrogens with zero attached hydrogens (tertiary/aromatic N) is 2. The van der Waals surface area contributed by atoms with Crippen molar-refractivity contribution in [2.75, 3.05) is 19.6 Å². The minimum absolute atomic E-state index is 0.0440. The molecule has 0 spiro atoms. The van der Waals surface area contributed by atoms with Gasteiger partial charge >= 0.3 is 0 Å². The van der Waals surface area contributed by atoms with Gasteiger partial charge in [-0.25, -0.2) is 12.7 Å². The van der Waals surface area contributed by atoms with E-state index in [1.807, 2.05) is 11.8 Å². The zero-order chi connectivity index (χ0) is 21.6. The van der Waals surface area contributed by atoms with Crippen LogP contribution in [0.1, 0.15) is 63.9 Å². The summed E-state index contributed by atoms with van der Waals surface area (Å²) in [7, 11) is -3.73. The average Bonchev–Trinajstić information content (AvgIpc) is 2.93. The van der Waals surface area contributed by atoms with Crippen molar-refractivity contribution in [2.24, 2.45) is 0 Å². The van der Waals surface area contributed by atoms with Gasteiger partial charge in [0, 0.05) is 25.6 Å². The number of hydrogen-bond donors (Lipinski definition) is 2. The highest BCUT2D eigenvalue weighted by Gasteiger charge is 2.38. The van der Waals surface area contributed by atoms with Gasteiger partial charge in [-0.1, -0.05) is 44.7 Å². The third-order valence-electron chi connectivity index (χ3n) is 6.04. The van der Waals surface area contributed by atoms with Gasteiger partial charge in [0.2, 0.25) is 11.9 Å². The topological polar surface area (TPSA) is 93.6 Å². The largest absolute Gasteiger partial charge is 0.356 e. The van der Waals surface area contributed by atoms with Crippen LogP contribution in [0, 0.1) is 5.41 Å². The second kappa shape index (κ2) is 10.3. The van der Waals surface area contributed by atoms with E-state index < -0.39 is 10.0 Å². The summed E-state index contributed by atoms with van der Waals surface area (Å²) < 4.78 is 27.5. The van der Waals surface area contributed by atoms with E-state index in [1.165, 1.54) is 17.1 Å². The molecule has 0 unspecified atom stereocenters. The van der Waals surface area contributed by atoms with Gasteiger partial charge < -0.3 is 10.2 Å². The van der Waals surface area contributed by atoms with Gasteiger partial charge in [0.05, 0.1) is 11.4 Å². The molecule has 2 fully saturated rings. The highest BCUT2D eigenvalue weighted by atomic mass is 32.2. The van der Waals surface area contributed by atoms with Gasteiger partial charge in [0.1, 0.15) is 0 Å². The van der Waals surface area contributed by atoms with Crippen molar-refractivity contribution in [3.05, 3.63) is 29.8 Å². The fourth-order valence-electron chi connectivity index (χ4n) is 4.33. The van der Waals surface area contributed by atoms with Crippen molar-refractivity contribution in [3.63, 3.8) is 0 Å². The molecule has 1 aliphatic heterocycles. The van der Waals surface area contributed by atoms with Crippen LogP contribution in [-0.2, 0) is 21.2 Å². The summed E-state index contributed by atoms with van der Waals surface area (Å²) in [5.74, 6) is 0.159. The molecular formula is C22H34N4O3S. The van der Waals surface area contributed by atoms with Crippen molar-refractivity contribution in [1.82, 2.24) is 14.5 Å². The summed E-state index contributed by atoms with van der Waals surface area (Å²) in [6.07, 6.45) is 8.86.